The van der Waals surface area contributed by atoms with Crippen molar-refractivity contribution < 1.29 is 22.7 Å². The average Bonchev–Trinajstić information content (AvgIpc) is 2.47. The summed E-state index contributed by atoms with van der Waals surface area (Å²) in [6, 6.07) is 7.87. The number of halogens is 3. The summed E-state index contributed by atoms with van der Waals surface area (Å²) in [7, 11) is 1.43. The van der Waals surface area contributed by atoms with E-state index in [-0.39, 0.29) is 11.7 Å². The Hall–Kier alpha value is -2.37. The van der Waals surface area contributed by atoms with Crippen LogP contribution in [-0.2, 0) is 11.0 Å². The van der Waals surface area contributed by atoms with E-state index < -0.39 is 17.7 Å². The predicted octanol–water partition coefficient (Wildman–Crippen LogP) is 3.83. The minimum atomic E-state index is -4.41. The molecule has 1 heterocycles. The molecule has 0 aliphatic carbocycles. The molecule has 116 valence electrons. The van der Waals surface area contributed by atoms with Crippen LogP contribution in [0.5, 0.6) is 5.88 Å². The van der Waals surface area contributed by atoms with Crippen molar-refractivity contribution in [3.05, 3.63) is 59.3 Å². The van der Waals surface area contributed by atoms with Crippen LogP contribution in [0.25, 0.3) is 0 Å². The molecule has 0 aliphatic rings. The first-order valence-electron chi connectivity index (χ1n) is 6.51. The highest BCUT2D eigenvalue weighted by molar-refractivity contribution is 5.87. The number of alkyl halides is 3. The zero-order chi connectivity index (χ0) is 16.3. The fourth-order valence-electron chi connectivity index (χ4n) is 2.29. The highest BCUT2D eigenvalue weighted by Crippen LogP contribution is 2.34. The lowest BCUT2D eigenvalue weighted by Crippen LogP contribution is -2.13. The molecule has 1 unspecified atom stereocenters. The molecule has 0 aliphatic heterocycles. The van der Waals surface area contributed by atoms with E-state index in [0.717, 1.165) is 12.1 Å². The molecule has 0 radical (unpaired) electrons. The third kappa shape index (κ3) is 3.27. The number of Topliss-reactive ketones (excluding diaryl/α,β-unsaturated/α-hetero) is 1. The molecule has 1 atom stereocenters. The summed E-state index contributed by atoms with van der Waals surface area (Å²) in [6.07, 6.45) is -2.89. The summed E-state index contributed by atoms with van der Waals surface area (Å²) < 4.78 is 43.0. The van der Waals surface area contributed by atoms with Crippen molar-refractivity contribution in [2.75, 3.05) is 7.11 Å². The number of ether oxygens (including phenoxy) is 1. The normalized spacial score (nSPS) is 12.8. The van der Waals surface area contributed by atoms with Crippen LogP contribution in [0.15, 0.2) is 42.6 Å². The topological polar surface area (TPSA) is 39.2 Å². The van der Waals surface area contributed by atoms with Crippen LogP contribution in [0, 0.1) is 0 Å². The van der Waals surface area contributed by atoms with Gasteiger partial charge in [0.15, 0.2) is 0 Å². The summed E-state index contributed by atoms with van der Waals surface area (Å²) in [5.74, 6) is -0.639. The van der Waals surface area contributed by atoms with Gasteiger partial charge in [-0.05, 0) is 30.7 Å². The van der Waals surface area contributed by atoms with Crippen LogP contribution in [-0.4, -0.2) is 17.9 Å². The summed E-state index contributed by atoms with van der Waals surface area (Å²) in [6.45, 7) is 1.38. The van der Waals surface area contributed by atoms with E-state index in [2.05, 4.69) is 4.98 Å². The molecule has 0 saturated carbocycles. The number of aromatic nitrogens is 1. The van der Waals surface area contributed by atoms with Gasteiger partial charge in [-0.2, -0.15) is 13.2 Å². The number of ketones is 1. The fourth-order valence-corrected chi connectivity index (χ4v) is 2.29. The molecule has 0 saturated heterocycles. The molecule has 1 aromatic heterocycles. The van der Waals surface area contributed by atoms with Crippen molar-refractivity contribution in [1.82, 2.24) is 4.98 Å². The fraction of sp³-hybridized carbons (Fsp3) is 0.250. The van der Waals surface area contributed by atoms with E-state index in [1.54, 1.807) is 12.1 Å². The monoisotopic (exact) mass is 309 g/mol. The minimum Gasteiger partial charge on any atom is -0.481 e. The van der Waals surface area contributed by atoms with Crippen LogP contribution < -0.4 is 4.74 Å². The van der Waals surface area contributed by atoms with Gasteiger partial charge in [0.05, 0.1) is 18.6 Å². The molecule has 2 aromatic rings. The zero-order valence-electron chi connectivity index (χ0n) is 12.0. The minimum absolute atomic E-state index is 0.203. The molecule has 6 heteroatoms. The van der Waals surface area contributed by atoms with Gasteiger partial charge in [-0.3, -0.25) is 4.79 Å². The van der Waals surface area contributed by atoms with Crippen molar-refractivity contribution in [1.29, 1.82) is 0 Å². The van der Waals surface area contributed by atoms with Crippen molar-refractivity contribution in [2.24, 2.45) is 0 Å². The van der Waals surface area contributed by atoms with Gasteiger partial charge in [0, 0.05) is 11.8 Å². The first kappa shape index (κ1) is 16.0. The van der Waals surface area contributed by atoms with E-state index >= 15 is 0 Å². The molecular formula is C16H14F3NO2. The van der Waals surface area contributed by atoms with E-state index in [9.17, 15) is 18.0 Å². The maximum absolute atomic E-state index is 12.6. The molecule has 3 nitrogen and oxygen atoms in total. The average molecular weight is 309 g/mol. The molecule has 0 N–H and O–H groups in total. The number of benzene rings is 1. The lowest BCUT2D eigenvalue weighted by Gasteiger charge is -2.17. The van der Waals surface area contributed by atoms with Crippen molar-refractivity contribution >= 4 is 5.78 Å². The van der Waals surface area contributed by atoms with Gasteiger partial charge in [-0.15, -0.1) is 0 Å². The van der Waals surface area contributed by atoms with Gasteiger partial charge in [0.1, 0.15) is 5.78 Å². The number of carbonyl (C=O) groups excluding carboxylic acids is 1. The second-order valence-electron chi connectivity index (χ2n) is 4.77. The highest BCUT2D eigenvalue weighted by Gasteiger charge is 2.31. The molecule has 22 heavy (non-hydrogen) atoms. The smallest absolute Gasteiger partial charge is 0.416 e. The number of methoxy groups -OCH3 is 1. The summed E-state index contributed by atoms with van der Waals surface area (Å²) in [5, 5.41) is 0. The first-order valence-corrected chi connectivity index (χ1v) is 6.51. The predicted molar refractivity (Wildman–Crippen MR) is 74.8 cm³/mol. The number of carbonyl (C=O) groups is 1. The Balaban J connectivity index is 2.47. The Morgan fingerprint density at radius 3 is 2.32 bits per heavy atom. The third-order valence-electron chi connectivity index (χ3n) is 3.28. The second-order valence-corrected chi connectivity index (χ2v) is 4.77. The molecule has 0 amide bonds. The third-order valence-corrected chi connectivity index (χ3v) is 3.28. The maximum atomic E-state index is 12.6. The standard InChI is InChI=1S/C16H14F3NO2/c1-10(21)14(13-4-3-9-20-15(13)22-2)11-5-7-12(8-6-11)16(17,18)19/h3-9,14H,1-2H3. The molecule has 2 rings (SSSR count). The van der Waals surface area contributed by atoms with Gasteiger partial charge in [0.25, 0.3) is 0 Å². The largest absolute Gasteiger partial charge is 0.481 e. The highest BCUT2D eigenvalue weighted by atomic mass is 19.4. The molecular weight excluding hydrogens is 295 g/mol. The summed E-state index contributed by atoms with van der Waals surface area (Å²) in [5.41, 5.74) is 0.237. The molecule has 1 aromatic carbocycles. The summed E-state index contributed by atoms with van der Waals surface area (Å²) in [4.78, 5) is 16.0. The van der Waals surface area contributed by atoms with Gasteiger partial charge >= 0.3 is 6.18 Å². The van der Waals surface area contributed by atoms with Gasteiger partial charge in [-0.25, -0.2) is 4.98 Å². The zero-order valence-corrected chi connectivity index (χ0v) is 12.0. The lowest BCUT2D eigenvalue weighted by atomic mass is 9.88. The Labute approximate surface area is 125 Å². The lowest BCUT2D eigenvalue weighted by molar-refractivity contribution is -0.137. The SMILES string of the molecule is COc1ncccc1C(C(C)=O)c1ccc(C(F)(F)F)cc1. The van der Waals surface area contributed by atoms with Gasteiger partial charge in [0.2, 0.25) is 5.88 Å². The van der Waals surface area contributed by atoms with Crippen molar-refractivity contribution in [2.45, 2.75) is 19.0 Å². The number of hydrogen-bond donors (Lipinski definition) is 0. The van der Waals surface area contributed by atoms with Crippen LogP contribution in [0.2, 0.25) is 0 Å². The molecule has 0 fully saturated rings. The van der Waals surface area contributed by atoms with Gasteiger partial charge < -0.3 is 4.74 Å². The number of pyridine rings is 1. The Kier molecular flexibility index (Phi) is 4.49. The summed E-state index contributed by atoms with van der Waals surface area (Å²) >= 11 is 0. The molecule has 0 spiro atoms. The van der Waals surface area contributed by atoms with Gasteiger partial charge in [-0.1, -0.05) is 18.2 Å². The number of rotatable bonds is 4. The van der Waals surface area contributed by atoms with E-state index in [0.29, 0.717) is 11.1 Å². The van der Waals surface area contributed by atoms with Crippen LogP contribution >= 0.6 is 0 Å². The quantitative estimate of drug-likeness (QED) is 0.861. The van der Waals surface area contributed by atoms with Crippen LogP contribution in [0.1, 0.15) is 29.5 Å². The van der Waals surface area contributed by atoms with Crippen molar-refractivity contribution in [3.63, 3.8) is 0 Å². The Bertz CT molecular complexity index is 666. The maximum Gasteiger partial charge on any atom is 0.416 e. The van der Waals surface area contributed by atoms with E-state index in [1.165, 1.54) is 32.4 Å². The van der Waals surface area contributed by atoms with E-state index in [4.69, 9.17) is 4.74 Å². The Morgan fingerprint density at radius 2 is 1.82 bits per heavy atom. The second kappa shape index (κ2) is 6.17. The first-order chi connectivity index (χ1) is 10.3. The Morgan fingerprint density at radius 1 is 1.18 bits per heavy atom. The van der Waals surface area contributed by atoms with Crippen LogP contribution in [0.4, 0.5) is 13.2 Å². The van der Waals surface area contributed by atoms with E-state index in [1.807, 2.05) is 0 Å². The number of hydrogen-bond acceptors (Lipinski definition) is 3. The molecule has 0 bridgehead atoms. The van der Waals surface area contributed by atoms with Crippen molar-refractivity contribution in [3.8, 4) is 5.88 Å². The van der Waals surface area contributed by atoms with Crippen LogP contribution in [0.3, 0.4) is 0 Å². The number of nitrogens with zero attached hydrogens (tertiary/aromatic N) is 1.